The fourth-order valence-electron chi connectivity index (χ4n) is 0.883. The molecule has 84 valence electrons. The van der Waals surface area contributed by atoms with Crippen molar-refractivity contribution in [2.45, 2.75) is 5.75 Å². The maximum Gasteiger partial charge on any atom is 0.149 e. The van der Waals surface area contributed by atoms with Crippen molar-refractivity contribution < 1.29 is 5.21 Å². The van der Waals surface area contributed by atoms with E-state index in [4.69, 9.17) is 22.5 Å². The van der Waals surface area contributed by atoms with Crippen LogP contribution in [0.1, 0.15) is 5.56 Å². The maximum atomic E-state index is 8.30. The lowest BCUT2D eigenvalue weighted by Crippen LogP contribution is -2.14. The summed E-state index contributed by atoms with van der Waals surface area (Å²) in [6, 6.07) is 7.62. The van der Waals surface area contributed by atoms with Gasteiger partial charge in [0.15, 0.2) is 0 Å². The molecule has 3 N–H and O–H groups in total. The zero-order valence-corrected chi connectivity index (χ0v) is 10.3. The van der Waals surface area contributed by atoms with Crippen molar-refractivity contribution in [3.63, 3.8) is 0 Å². The minimum absolute atomic E-state index is 0. The molecule has 0 aromatic heterocycles. The number of nitrogens with zero attached hydrogens (tertiary/aromatic N) is 1. The van der Waals surface area contributed by atoms with Gasteiger partial charge in [-0.15, -0.1) is 24.2 Å². The van der Waals surface area contributed by atoms with E-state index in [1.54, 1.807) is 11.8 Å². The molecule has 0 radical (unpaired) electrons. The SMILES string of the molecule is Cl.NC(CSCc1ccc(Cl)cc1)=NO. The second-order valence-corrected chi connectivity index (χ2v) is 4.13. The van der Waals surface area contributed by atoms with E-state index >= 15 is 0 Å². The van der Waals surface area contributed by atoms with Gasteiger partial charge in [-0.3, -0.25) is 0 Å². The second kappa shape index (κ2) is 7.68. The van der Waals surface area contributed by atoms with E-state index in [1.807, 2.05) is 24.3 Å². The molecule has 0 bridgehead atoms. The highest BCUT2D eigenvalue weighted by atomic mass is 35.5. The first-order chi connectivity index (χ1) is 6.72. The summed E-state index contributed by atoms with van der Waals surface area (Å²) in [7, 11) is 0. The van der Waals surface area contributed by atoms with Crippen LogP contribution in [0, 0.1) is 0 Å². The molecule has 0 aliphatic rings. The number of rotatable bonds is 4. The van der Waals surface area contributed by atoms with Crippen LogP contribution in [0.5, 0.6) is 0 Å². The van der Waals surface area contributed by atoms with E-state index in [0.29, 0.717) is 5.75 Å². The highest BCUT2D eigenvalue weighted by molar-refractivity contribution is 7.99. The Bertz CT molecular complexity index is 316. The highest BCUT2D eigenvalue weighted by Gasteiger charge is 1.96. The molecule has 0 saturated carbocycles. The summed E-state index contributed by atoms with van der Waals surface area (Å²) in [5, 5.41) is 11.9. The largest absolute Gasteiger partial charge is 0.409 e. The Hall–Kier alpha value is -0.580. The normalized spacial score (nSPS) is 10.9. The summed E-state index contributed by atoms with van der Waals surface area (Å²) in [6.07, 6.45) is 0. The van der Waals surface area contributed by atoms with Gasteiger partial charge in [-0.2, -0.15) is 0 Å². The Labute approximate surface area is 104 Å². The van der Waals surface area contributed by atoms with E-state index in [2.05, 4.69) is 5.16 Å². The maximum absolute atomic E-state index is 8.30. The molecule has 0 aliphatic heterocycles. The lowest BCUT2D eigenvalue weighted by atomic mass is 10.2. The Morgan fingerprint density at radius 3 is 2.53 bits per heavy atom. The molecule has 6 heteroatoms. The third-order valence-corrected chi connectivity index (χ3v) is 2.85. The van der Waals surface area contributed by atoms with Crippen LogP contribution in [0.3, 0.4) is 0 Å². The van der Waals surface area contributed by atoms with Gasteiger partial charge < -0.3 is 10.9 Å². The van der Waals surface area contributed by atoms with Crippen LogP contribution < -0.4 is 5.73 Å². The lowest BCUT2D eigenvalue weighted by molar-refractivity contribution is 0.318. The summed E-state index contributed by atoms with van der Waals surface area (Å²) in [5.74, 6) is 1.59. The fraction of sp³-hybridized carbons (Fsp3) is 0.222. The van der Waals surface area contributed by atoms with Gasteiger partial charge >= 0.3 is 0 Å². The van der Waals surface area contributed by atoms with E-state index in [0.717, 1.165) is 10.8 Å². The van der Waals surface area contributed by atoms with Crippen LogP contribution >= 0.6 is 35.8 Å². The van der Waals surface area contributed by atoms with Crippen molar-refractivity contribution in [2.75, 3.05) is 5.75 Å². The molecule has 15 heavy (non-hydrogen) atoms. The predicted molar refractivity (Wildman–Crippen MR) is 68.3 cm³/mol. The van der Waals surface area contributed by atoms with Gasteiger partial charge in [0.1, 0.15) is 5.84 Å². The Morgan fingerprint density at radius 1 is 1.40 bits per heavy atom. The summed E-state index contributed by atoms with van der Waals surface area (Å²) < 4.78 is 0. The average molecular weight is 267 g/mol. The van der Waals surface area contributed by atoms with Crippen molar-refractivity contribution in [3.8, 4) is 0 Å². The number of hydrogen-bond donors (Lipinski definition) is 2. The van der Waals surface area contributed by atoms with E-state index < -0.39 is 0 Å². The zero-order chi connectivity index (χ0) is 10.4. The number of benzene rings is 1. The van der Waals surface area contributed by atoms with Crippen molar-refractivity contribution >= 4 is 41.6 Å². The van der Waals surface area contributed by atoms with Gasteiger partial charge in [-0.05, 0) is 17.7 Å². The molecule has 1 aromatic carbocycles. The number of oxime groups is 1. The van der Waals surface area contributed by atoms with Crippen LogP contribution in [0.25, 0.3) is 0 Å². The quantitative estimate of drug-likeness (QED) is 0.381. The van der Waals surface area contributed by atoms with Crippen LogP contribution in [-0.4, -0.2) is 16.8 Å². The van der Waals surface area contributed by atoms with Gasteiger partial charge in [-0.25, -0.2) is 0 Å². The van der Waals surface area contributed by atoms with Gasteiger partial charge in [0.25, 0.3) is 0 Å². The zero-order valence-electron chi connectivity index (χ0n) is 7.89. The van der Waals surface area contributed by atoms with Gasteiger partial charge in [0.2, 0.25) is 0 Å². The van der Waals surface area contributed by atoms with Crippen LogP contribution in [-0.2, 0) is 5.75 Å². The highest BCUT2D eigenvalue weighted by Crippen LogP contribution is 2.15. The summed E-state index contributed by atoms with van der Waals surface area (Å²) in [4.78, 5) is 0. The molecule has 0 spiro atoms. The Morgan fingerprint density at radius 2 is 2.00 bits per heavy atom. The molecule has 0 amide bonds. The van der Waals surface area contributed by atoms with Crippen LogP contribution in [0.2, 0.25) is 5.02 Å². The molecule has 0 atom stereocenters. The predicted octanol–water partition coefficient (Wildman–Crippen LogP) is 2.74. The molecule has 0 fully saturated rings. The molecular weight excluding hydrogens is 255 g/mol. The van der Waals surface area contributed by atoms with Crippen LogP contribution in [0.15, 0.2) is 29.4 Å². The molecule has 0 saturated heterocycles. The summed E-state index contributed by atoms with van der Waals surface area (Å²) in [6.45, 7) is 0. The van der Waals surface area contributed by atoms with Crippen molar-refractivity contribution in [3.05, 3.63) is 34.9 Å². The first kappa shape index (κ1) is 14.4. The average Bonchev–Trinajstić information content (AvgIpc) is 2.21. The number of nitrogens with two attached hydrogens (primary N) is 1. The first-order valence-electron chi connectivity index (χ1n) is 4.01. The van der Waals surface area contributed by atoms with Gasteiger partial charge in [0.05, 0.1) is 5.75 Å². The molecule has 0 heterocycles. The Balaban J connectivity index is 0.00000196. The molecule has 3 nitrogen and oxygen atoms in total. The van der Waals surface area contributed by atoms with E-state index in [9.17, 15) is 0 Å². The standard InChI is InChI=1S/C9H11ClN2OS.ClH/c10-8-3-1-7(2-4-8)5-14-6-9(11)12-13;/h1-4,13H,5-6H2,(H2,11,12);1H. The second-order valence-electron chi connectivity index (χ2n) is 2.71. The van der Waals surface area contributed by atoms with Crippen LogP contribution in [0.4, 0.5) is 0 Å². The first-order valence-corrected chi connectivity index (χ1v) is 5.54. The molecule has 0 unspecified atom stereocenters. The molecule has 0 aliphatic carbocycles. The minimum atomic E-state index is 0. The van der Waals surface area contributed by atoms with Crippen molar-refractivity contribution in [2.24, 2.45) is 10.9 Å². The topological polar surface area (TPSA) is 58.6 Å². The van der Waals surface area contributed by atoms with Crippen molar-refractivity contribution in [1.82, 2.24) is 0 Å². The lowest BCUT2D eigenvalue weighted by Gasteiger charge is -2.00. The number of thioether (sulfide) groups is 1. The molecular formula is C9H12Cl2N2OS. The van der Waals surface area contributed by atoms with Gasteiger partial charge in [0, 0.05) is 10.8 Å². The van der Waals surface area contributed by atoms with E-state index in [-0.39, 0.29) is 18.2 Å². The molecule has 1 aromatic rings. The molecule has 1 rings (SSSR count). The summed E-state index contributed by atoms with van der Waals surface area (Å²) in [5.41, 5.74) is 6.49. The fourth-order valence-corrected chi connectivity index (χ4v) is 1.81. The number of halogens is 2. The van der Waals surface area contributed by atoms with Gasteiger partial charge in [-0.1, -0.05) is 28.9 Å². The Kier molecular flexibility index (Phi) is 7.38. The smallest absolute Gasteiger partial charge is 0.149 e. The minimum Gasteiger partial charge on any atom is -0.409 e. The third kappa shape index (κ3) is 5.77. The van der Waals surface area contributed by atoms with E-state index in [1.165, 1.54) is 5.56 Å². The van der Waals surface area contributed by atoms with Crippen molar-refractivity contribution in [1.29, 1.82) is 0 Å². The number of amidine groups is 1. The third-order valence-electron chi connectivity index (χ3n) is 1.56. The summed E-state index contributed by atoms with van der Waals surface area (Å²) >= 11 is 7.33. The monoisotopic (exact) mass is 266 g/mol. The number of hydrogen-bond acceptors (Lipinski definition) is 3.